The summed E-state index contributed by atoms with van der Waals surface area (Å²) in [5.41, 5.74) is -0.508. The van der Waals surface area contributed by atoms with Gasteiger partial charge in [-0.1, -0.05) is 6.07 Å². The van der Waals surface area contributed by atoms with E-state index in [4.69, 9.17) is 4.74 Å². The molecule has 0 saturated carbocycles. The minimum Gasteiger partial charge on any atom is -0.493 e. The lowest BCUT2D eigenvalue weighted by atomic mass is 9.97. The maximum atomic E-state index is 13.4. The molecule has 1 atom stereocenters. The van der Waals surface area contributed by atoms with Gasteiger partial charge in [0.15, 0.2) is 0 Å². The van der Waals surface area contributed by atoms with Crippen LogP contribution in [0.25, 0.3) is 0 Å². The standard InChI is InChI=1S/C15H22FNO3/c1-10(2)17-15(4,14(18)19)7-8-20-12-6-5-11(3)13(16)9-12/h5-6,9-10,17H,7-8H2,1-4H3,(H,18,19). The number of aryl methyl sites for hydroxylation is 1. The Morgan fingerprint density at radius 3 is 2.65 bits per heavy atom. The first kappa shape index (κ1) is 16.4. The molecule has 0 amide bonds. The molecule has 2 N–H and O–H groups in total. The Balaban J connectivity index is 2.60. The predicted octanol–water partition coefficient (Wildman–Crippen LogP) is 2.74. The van der Waals surface area contributed by atoms with Crippen LogP contribution in [0.1, 0.15) is 32.8 Å². The predicted molar refractivity (Wildman–Crippen MR) is 75.6 cm³/mol. The first-order chi connectivity index (χ1) is 9.24. The maximum absolute atomic E-state index is 13.4. The van der Waals surface area contributed by atoms with Crippen molar-refractivity contribution in [1.82, 2.24) is 5.32 Å². The quantitative estimate of drug-likeness (QED) is 0.808. The summed E-state index contributed by atoms with van der Waals surface area (Å²) in [7, 11) is 0. The molecule has 0 aliphatic heterocycles. The first-order valence-electron chi connectivity index (χ1n) is 6.64. The van der Waals surface area contributed by atoms with E-state index in [9.17, 15) is 14.3 Å². The molecule has 0 radical (unpaired) electrons. The number of hydrogen-bond donors (Lipinski definition) is 2. The number of aliphatic carboxylic acids is 1. The molecule has 0 spiro atoms. The molecule has 5 heteroatoms. The number of carbonyl (C=O) groups is 1. The number of carboxylic acid groups (broad SMARTS) is 1. The number of ether oxygens (including phenoxy) is 1. The molecule has 1 unspecified atom stereocenters. The van der Waals surface area contributed by atoms with Crippen molar-refractivity contribution in [3.05, 3.63) is 29.6 Å². The second-order valence-electron chi connectivity index (χ2n) is 5.45. The Labute approximate surface area is 119 Å². The van der Waals surface area contributed by atoms with Gasteiger partial charge in [0.1, 0.15) is 17.1 Å². The topological polar surface area (TPSA) is 58.6 Å². The molecule has 0 aliphatic rings. The molecule has 1 aromatic rings. The lowest BCUT2D eigenvalue weighted by Crippen LogP contribution is -2.53. The van der Waals surface area contributed by atoms with Gasteiger partial charge in [-0.3, -0.25) is 10.1 Å². The van der Waals surface area contributed by atoms with E-state index < -0.39 is 11.5 Å². The van der Waals surface area contributed by atoms with Crippen LogP contribution in [-0.2, 0) is 4.79 Å². The highest BCUT2D eigenvalue weighted by Gasteiger charge is 2.33. The summed E-state index contributed by atoms with van der Waals surface area (Å²) >= 11 is 0. The van der Waals surface area contributed by atoms with Gasteiger partial charge < -0.3 is 9.84 Å². The van der Waals surface area contributed by atoms with Gasteiger partial charge in [-0.2, -0.15) is 0 Å². The normalized spacial score (nSPS) is 14.1. The molecule has 0 saturated heterocycles. The molecule has 4 nitrogen and oxygen atoms in total. The summed E-state index contributed by atoms with van der Waals surface area (Å²) in [6.07, 6.45) is 0.288. The van der Waals surface area contributed by atoms with Crippen molar-refractivity contribution in [2.24, 2.45) is 0 Å². The van der Waals surface area contributed by atoms with E-state index in [0.29, 0.717) is 11.3 Å². The summed E-state index contributed by atoms with van der Waals surface area (Å²) in [4.78, 5) is 11.3. The van der Waals surface area contributed by atoms with Gasteiger partial charge in [-0.15, -0.1) is 0 Å². The average Bonchev–Trinajstić information content (AvgIpc) is 2.32. The lowest BCUT2D eigenvalue weighted by Gasteiger charge is -2.28. The van der Waals surface area contributed by atoms with Crippen LogP contribution in [0.4, 0.5) is 4.39 Å². The highest BCUT2D eigenvalue weighted by Crippen LogP contribution is 2.18. The van der Waals surface area contributed by atoms with Crippen molar-refractivity contribution in [3.8, 4) is 5.75 Å². The van der Waals surface area contributed by atoms with Gasteiger partial charge in [-0.05, 0) is 39.3 Å². The van der Waals surface area contributed by atoms with Crippen LogP contribution in [0, 0.1) is 12.7 Å². The minimum absolute atomic E-state index is 0.0490. The summed E-state index contributed by atoms with van der Waals surface area (Å²) in [6, 6.07) is 4.66. The summed E-state index contributed by atoms with van der Waals surface area (Å²) in [5, 5.41) is 12.3. The van der Waals surface area contributed by atoms with E-state index in [1.165, 1.54) is 6.07 Å². The zero-order chi connectivity index (χ0) is 15.3. The zero-order valence-electron chi connectivity index (χ0n) is 12.4. The Hall–Kier alpha value is -1.62. The lowest BCUT2D eigenvalue weighted by molar-refractivity contribution is -0.145. The van der Waals surface area contributed by atoms with E-state index in [2.05, 4.69) is 5.32 Å². The van der Waals surface area contributed by atoms with Crippen molar-refractivity contribution in [2.75, 3.05) is 6.61 Å². The molecule has 0 aromatic heterocycles. The highest BCUT2D eigenvalue weighted by molar-refractivity contribution is 5.78. The maximum Gasteiger partial charge on any atom is 0.323 e. The van der Waals surface area contributed by atoms with Gasteiger partial charge in [-0.25, -0.2) is 4.39 Å². The smallest absolute Gasteiger partial charge is 0.323 e. The minimum atomic E-state index is -1.06. The largest absolute Gasteiger partial charge is 0.493 e. The van der Waals surface area contributed by atoms with Crippen LogP contribution in [0.3, 0.4) is 0 Å². The third-order valence-electron chi connectivity index (χ3n) is 3.09. The third kappa shape index (κ3) is 4.49. The molecule has 0 aliphatic carbocycles. The van der Waals surface area contributed by atoms with Crippen LogP contribution >= 0.6 is 0 Å². The fourth-order valence-electron chi connectivity index (χ4n) is 1.91. The Morgan fingerprint density at radius 2 is 2.15 bits per heavy atom. The molecule has 112 valence electrons. The van der Waals surface area contributed by atoms with Crippen LogP contribution in [-0.4, -0.2) is 29.3 Å². The monoisotopic (exact) mass is 283 g/mol. The SMILES string of the molecule is Cc1ccc(OCCC(C)(NC(C)C)C(=O)O)cc1F. The number of hydrogen-bond acceptors (Lipinski definition) is 3. The molecule has 0 fully saturated rings. The molecule has 20 heavy (non-hydrogen) atoms. The Bertz CT molecular complexity index is 476. The van der Waals surface area contributed by atoms with Crippen molar-refractivity contribution in [1.29, 1.82) is 0 Å². The van der Waals surface area contributed by atoms with E-state index in [-0.39, 0.29) is 24.9 Å². The number of nitrogens with one attached hydrogen (secondary N) is 1. The molecule has 1 rings (SSSR count). The number of halogens is 1. The second-order valence-corrected chi connectivity index (χ2v) is 5.45. The van der Waals surface area contributed by atoms with Gasteiger partial charge in [0.2, 0.25) is 0 Å². The van der Waals surface area contributed by atoms with Crippen LogP contribution in [0.15, 0.2) is 18.2 Å². The second kappa shape index (κ2) is 6.70. The van der Waals surface area contributed by atoms with E-state index >= 15 is 0 Å². The first-order valence-corrected chi connectivity index (χ1v) is 6.64. The summed E-state index contributed by atoms with van der Waals surface area (Å²) < 4.78 is 18.8. The number of carboxylic acids is 1. The summed E-state index contributed by atoms with van der Waals surface area (Å²) in [5.74, 6) is -0.848. The van der Waals surface area contributed by atoms with Crippen molar-refractivity contribution >= 4 is 5.97 Å². The fraction of sp³-hybridized carbons (Fsp3) is 0.533. The zero-order valence-corrected chi connectivity index (χ0v) is 12.4. The van der Waals surface area contributed by atoms with Crippen LogP contribution < -0.4 is 10.1 Å². The van der Waals surface area contributed by atoms with Gasteiger partial charge in [0.25, 0.3) is 0 Å². The fourth-order valence-corrected chi connectivity index (χ4v) is 1.91. The Kier molecular flexibility index (Phi) is 5.51. The molecule has 0 heterocycles. The van der Waals surface area contributed by atoms with Gasteiger partial charge in [0, 0.05) is 18.5 Å². The van der Waals surface area contributed by atoms with E-state index in [0.717, 1.165) is 0 Å². The molecule has 0 bridgehead atoms. The van der Waals surface area contributed by atoms with Crippen molar-refractivity contribution in [3.63, 3.8) is 0 Å². The highest BCUT2D eigenvalue weighted by atomic mass is 19.1. The molecular weight excluding hydrogens is 261 g/mol. The number of rotatable bonds is 7. The third-order valence-corrected chi connectivity index (χ3v) is 3.09. The molecular formula is C15H22FNO3. The summed E-state index contributed by atoms with van der Waals surface area (Å²) in [6.45, 7) is 7.27. The van der Waals surface area contributed by atoms with Crippen molar-refractivity contribution in [2.45, 2.75) is 45.7 Å². The average molecular weight is 283 g/mol. The van der Waals surface area contributed by atoms with E-state index in [1.807, 2.05) is 13.8 Å². The van der Waals surface area contributed by atoms with Crippen molar-refractivity contribution < 1.29 is 19.0 Å². The van der Waals surface area contributed by atoms with Gasteiger partial charge in [0.05, 0.1) is 6.61 Å². The van der Waals surface area contributed by atoms with Gasteiger partial charge >= 0.3 is 5.97 Å². The Morgan fingerprint density at radius 1 is 1.50 bits per heavy atom. The number of benzene rings is 1. The van der Waals surface area contributed by atoms with E-state index in [1.54, 1.807) is 26.0 Å². The molecule has 1 aromatic carbocycles. The van der Waals surface area contributed by atoms with Crippen LogP contribution in [0.2, 0.25) is 0 Å². The van der Waals surface area contributed by atoms with Crippen LogP contribution in [0.5, 0.6) is 5.75 Å².